The molecule has 0 aromatic heterocycles. The third-order valence-corrected chi connectivity index (χ3v) is 3.70. The second-order valence-electron chi connectivity index (χ2n) is 7.46. The van der Waals surface area contributed by atoms with Crippen molar-refractivity contribution in [2.75, 3.05) is 106 Å². The van der Waals surface area contributed by atoms with Gasteiger partial charge in [0.2, 0.25) is 0 Å². The molecule has 0 fully saturated rings. The van der Waals surface area contributed by atoms with Crippen molar-refractivity contribution in [3.63, 3.8) is 0 Å². The molecule has 0 aliphatic heterocycles. The van der Waals surface area contributed by atoms with E-state index in [2.05, 4.69) is 27.7 Å². The van der Waals surface area contributed by atoms with Gasteiger partial charge in [0.25, 0.3) is 0 Å². The quantitative estimate of drug-likeness (QED) is 0.124. The molecule has 9 heteroatoms. The Morgan fingerprint density at radius 2 is 0.487 bits per heavy atom. The fourth-order valence-electron chi connectivity index (χ4n) is 2.03. The Hall–Kier alpha value is -0.830. The van der Waals surface area contributed by atoms with Gasteiger partial charge in [0.05, 0.1) is 58.9 Å². The van der Waals surface area contributed by atoms with Crippen molar-refractivity contribution in [1.29, 1.82) is 5.26 Å². The normalized spacial score (nSPS) is 9.44. The third-order valence-electron chi connectivity index (χ3n) is 3.70. The van der Waals surface area contributed by atoms with Gasteiger partial charge in [-0.05, 0) is 53.4 Å². The number of hydrogen-bond acceptors (Lipinski definition) is 9. The predicted molar refractivity (Wildman–Crippen MR) is 162 cm³/mol. The second kappa shape index (κ2) is 61.3. The van der Waals surface area contributed by atoms with Gasteiger partial charge in [0.15, 0.2) is 0 Å². The Bertz CT molecular complexity index is 291. The zero-order chi connectivity index (χ0) is 30.5. The monoisotopic (exact) mass is 569 g/mol. The van der Waals surface area contributed by atoms with Gasteiger partial charge < -0.3 is 37.9 Å². The van der Waals surface area contributed by atoms with Gasteiger partial charge in [0, 0.05) is 59.8 Å². The van der Waals surface area contributed by atoms with Gasteiger partial charge in [-0.25, -0.2) is 0 Å². The summed E-state index contributed by atoms with van der Waals surface area (Å²) in [6.45, 7) is 30.2. The Morgan fingerprint density at radius 1 is 0.333 bits per heavy atom. The topological polar surface area (TPSA) is 97.6 Å². The average Bonchev–Trinajstić information content (AvgIpc) is 2.94. The van der Waals surface area contributed by atoms with Crippen LogP contribution in [0.25, 0.3) is 0 Å². The first-order valence-corrected chi connectivity index (χ1v) is 15.0. The van der Waals surface area contributed by atoms with E-state index in [4.69, 9.17) is 43.2 Å². The molecule has 0 amide bonds. The Labute approximate surface area is 243 Å². The number of nitrogens with zero attached hydrogens (tertiary/aromatic N) is 1. The highest BCUT2D eigenvalue weighted by Gasteiger charge is 1.86. The molecule has 0 N–H and O–H groups in total. The minimum Gasteiger partial charge on any atom is -0.379 e. The van der Waals surface area contributed by atoms with Crippen LogP contribution in [0.1, 0.15) is 88.0 Å². The molecule has 0 saturated heterocycles. The highest BCUT2D eigenvalue weighted by Crippen LogP contribution is 1.82. The highest BCUT2D eigenvalue weighted by atomic mass is 16.5. The van der Waals surface area contributed by atoms with Crippen molar-refractivity contribution >= 4 is 0 Å². The maximum absolute atomic E-state index is 7.32. The lowest BCUT2D eigenvalue weighted by atomic mass is 10.5. The summed E-state index contributed by atoms with van der Waals surface area (Å²) in [5.74, 6) is 0. The molecule has 0 unspecified atom stereocenters. The number of nitriles is 1. The maximum atomic E-state index is 7.32. The molecule has 9 nitrogen and oxygen atoms in total. The zero-order valence-corrected chi connectivity index (χ0v) is 27.4. The second-order valence-corrected chi connectivity index (χ2v) is 7.46. The van der Waals surface area contributed by atoms with Gasteiger partial charge in [-0.2, -0.15) is 5.26 Å². The van der Waals surface area contributed by atoms with Crippen molar-refractivity contribution in [2.24, 2.45) is 0 Å². The summed E-state index contributed by atoms with van der Waals surface area (Å²) in [5, 5.41) is 7.32. The van der Waals surface area contributed by atoms with Gasteiger partial charge >= 0.3 is 0 Å². The van der Waals surface area contributed by atoms with E-state index in [1.165, 1.54) is 6.92 Å². The molecule has 0 heterocycles. The van der Waals surface area contributed by atoms with Crippen LogP contribution in [0.2, 0.25) is 0 Å². The van der Waals surface area contributed by atoms with Gasteiger partial charge in [-0.3, -0.25) is 0 Å². The Kier molecular flexibility index (Phi) is 75.3. The number of rotatable bonds is 24. The van der Waals surface area contributed by atoms with Crippen LogP contribution in [0.15, 0.2) is 0 Å². The van der Waals surface area contributed by atoms with Crippen LogP contribution in [0.5, 0.6) is 0 Å². The van der Waals surface area contributed by atoms with E-state index < -0.39 is 0 Å². The summed E-state index contributed by atoms with van der Waals surface area (Å²) in [5.41, 5.74) is 0. The van der Waals surface area contributed by atoms with E-state index in [9.17, 15) is 0 Å². The molecule has 0 radical (unpaired) electrons. The Balaban J connectivity index is -0.000000127. The molecule has 0 aliphatic rings. The molecule has 0 aliphatic carbocycles. The van der Waals surface area contributed by atoms with Crippen LogP contribution in [0, 0.1) is 11.3 Å². The standard InChI is InChI=1S/4C7H16O2.C2H3N/c4*1-3-5-9-7-6-8-4-2;1-2-3/h4*3-7H2,1-2H3;1H3. The van der Waals surface area contributed by atoms with Gasteiger partial charge in [-0.1, -0.05) is 27.7 Å². The summed E-state index contributed by atoms with van der Waals surface area (Å²) < 4.78 is 40.9. The van der Waals surface area contributed by atoms with E-state index >= 15 is 0 Å². The molecule has 240 valence electrons. The number of hydrogen-bond donors (Lipinski definition) is 0. The van der Waals surface area contributed by atoms with Gasteiger partial charge in [0.1, 0.15) is 0 Å². The van der Waals surface area contributed by atoms with Crippen molar-refractivity contribution in [1.82, 2.24) is 0 Å². The third kappa shape index (κ3) is 85.6. The largest absolute Gasteiger partial charge is 0.379 e. The predicted octanol–water partition coefficient (Wildman–Crippen LogP) is 6.33. The SMILES string of the molecule is CC#N.CCCOCCOCC.CCCOCCOCC.CCCOCCOCC.CCCOCCOCC. The summed E-state index contributed by atoms with van der Waals surface area (Å²) >= 11 is 0. The van der Waals surface area contributed by atoms with Crippen molar-refractivity contribution in [3.8, 4) is 6.07 Å². The van der Waals surface area contributed by atoms with Crippen LogP contribution in [0.3, 0.4) is 0 Å². The van der Waals surface area contributed by atoms with Crippen molar-refractivity contribution in [2.45, 2.75) is 88.0 Å². The first kappa shape index (κ1) is 47.9. The van der Waals surface area contributed by atoms with E-state index in [0.717, 1.165) is 131 Å². The minimum absolute atomic E-state index is 0.733. The lowest BCUT2D eigenvalue weighted by Crippen LogP contribution is -2.03. The summed E-state index contributed by atoms with van der Waals surface area (Å²) in [6, 6.07) is 1.75. The molecular weight excluding hydrogens is 502 g/mol. The highest BCUT2D eigenvalue weighted by molar-refractivity contribution is 4.51. The molecule has 39 heavy (non-hydrogen) atoms. The molecule has 0 saturated carbocycles. The van der Waals surface area contributed by atoms with E-state index in [1.807, 2.05) is 27.7 Å². The Morgan fingerprint density at radius 3 is 0.615 bits per heavy atom. The van der Waals surface area contributed by atoms with E-state index in [-0.39, 0.29) is 0 Å². The van der Waals surface area contributed by atoms with E-state index in [0.29, 0.717) is 0 Å². The lowest BCUT2D eigenvalue weighted by Gasteiger charge is -2.00. The average molecular weight is 570 g/mol. The van der Waals surface area contributed by atoms with Crippen LogP contribution in [-0.4, -0.2) is 106 Å². The van der Waals surface area contributed by atoms with Crippen molar-refractivity contribution in [3.05, 3.63) is 0 Å². The molecule has 0 aromatic carbocycles. The molecule has 0 spiro atoms. The van der Waals surface area contributed by atoms with E-state index in [1.54, 1.807) is 6.07 Å². The lowest BCUT2D eigenvalue weighted by molar-refractivity contribution is 0.0531. The molecule has 0 aromatic rings. The molecular formula is C30H67NO8. The smallest absolute Gasteiger partial charge is 0.0700 e. The summed E-state index contributed by atoms with van der Waals surface area (Å²) in [7, 11) is 0. The first-order valence-electron chi connectivity index (χ1n) is 15.0. The van der Waals surface area contributed by atoms with Gasteiger partial charge in [-0.15, -0.1) is 0 Å². The van der Waals surface area contributed by atoms with Crippen LogP contribution in [-0.2, 0) is 37.9 Å². The van der Waals surface area contributed by atoms with Crippen LogP contribution < -0.4 is 0 Å². The fourth-order valence-corrected chi connectivity index (χ4v) is 2.03. The minimum atomic E-state index is 0.733. The molecule has 0 atom stereocenters. The van der Waals surface area contributed by atoms with Crippen LogP contribution in [0.4, 0.5) is 0 Å². The maximum Gasteiger partial charge on any atom is 0.0700 e. The summed E-state index contributed by atoms with van der Waals surface area (Å²) in [6.07, 6.45) is 4.36. The van der Waals surface area contributed by atoms with Crippen molar-refractivity contribution < 1.29 is 37.9 Å². The first-order chi connectivity index (χ1) is 19.1. The molecule has 0 rings (SSSR count). The fraction of sp³-hybridized carbons (Fsp3) is 0.967. The zero-order valence-electron chi connectivity index (χ0n) is 27.4. The molecule has 0 bridgehead atoms. The van der Waals surface area contributed by atoms with Crippen LogP contribution >= 0.6 is 0 Å². The number of ether oxygens (including phenoxy) is 8. The summed E-state index contributed by atoms with van der Waals surface area (Å²) in [4.78, 5) is 0.